The van der Waals surface area contributed by atoms with Crippen LogP contribution in [0.25, 0.3) is 6.08 Å². The molecule has 0 unspecified atom stereocenters. The molecule has 0 aliphatic carbocycles. The molecule has 3 fully saturated rings. The summed E-state index contributed by atoms with van der Waals surface area (Å²) in [7, 11) is 0. The van der Waals surface area contributed by atoms with Gasteiger partial charge in [0.15, 0.2) is 18.0 Å². The lowest BCUT2D eigenvalue weighted by Gasteiger charge is -2.45. The van der Waals surface area contributed by atoms with Crippen molar-refractivity contribution in [3.63, 3.8) is 0 Å². The van der Waals surface area contributed by atoms with Gasteiger partial charge in [-0.3, -0.25) is 9.59 Å². The molecule has 0 aromatic heterocycles. The van der Waals surface area contributed by atoms with Gasteiger partial charge in [-0.2, -0.15) is 0 Å². The molecule has 3 aromatic carbocycles. The van der Waals surface area contributed by atoms with Crippen LogP contribution in [-0.4, -0.2) is 192 Å². The zero-order valence-electron chi connectivity index (χ0n) is 41.0. The zero-order valence-corrected chi connectivity index (χ0v) is 41.0. The summed E-state index contributed by atoms with van der Waals surface area (Å²) in [6, 6.07) is 20.2. The fraction of sp³-hybridized carbons (Fsp3) is 0.529. The second-order valence-electron chi connectivity index (χ2n) is 18.1. The van der Waals surface area contributed by atoms with Crippen LogP contribution in [0.2, 0.25) is 0 Å². The van der Waals surface area contributed by atoms with Gasteiger partial charge >= 0.3 is 23.9 Å². The van der Waals surface area contributed by atoms with E-state index in [0.29, 0.717) is 16.7 Å². The highest BCUT2D eigenvalue weighted by Gasteiger charge is 2.56. The number of rotatable bonds is 22. The third kappa shape index (κ3) is 14.8. The van der Waals surface area contributed by atoms with Crippen LogP contribution in [0, 0.1) is 5.92 Å². The van der Waals surface area contributed by atoms with E-state index < -0.39 is 167 Å². The molecule has 24 heteroatoms. The topological polar surface area (TPSA) is 363 Å². The predicted molar refractivity (Wildman–Crippen MR) is 252 cm³/mol. The molecule has 412 valence electrons. The molecule has 75 heavy (non-hydrogen) atoms. The first-order valence-corrected chi connectivity index (χ1v) is 24.0. The van der Waals surface area contributed by atoms with Crippen LogP contribution in [0.5, 0.6) is 11.5 Å². The van der Waals surface area contributed by atoms with E-state index in [1.165, 1.54) is 54.6 Å². The average Bonchev–Trinajstić information content (AvgIpc) is 3.41. The van der Waals surface area contributed by atoms with Crippen LogP contribution in [0.1, 0.15) is 50.3 Å². The first kappa shape index (κ1) is 58.6. The summed E-state index contributed by atoms with van der Waals surface area (Å²) in [5.41, 5.74) is -1.03. The van der Waals surface area contributed by atoms with Crippen molar-refractivity contribution < 1.29 is 118 Å². The Morgan fingerprint density at radius 2 is 1.12 bits per heavy atom. The summed E-state index contributed by atoms with van der Waals surface area (Å²) in [4.78, 5) is 53.8. The molecule has 3 heterocycles. The van der Waals surface area contributed by atoms with Gasteiger partial charge in [-0.1, -0.05) is 74.9 Å². The number of esters is 4. The molecule has 0 amide bonds. The Hall–Kier alpha value is -5.68. The second kappa shape index (κ2) is 26.9. The van der Waals surface area contributed by atoms with Crippen molar-refractivity contribution >= 4 is 30.0 Å². The fourth-order valence-corrected chi connectivity index (χ4v) is 8.19. The van der Waals surface area contributed by atoms with Gasteiger partial charge in [0.25, 0.3) is 0 Å². The van der Waals surface area contributed by atoms with E-state index in [1.807, 2.05) is 0 Å². The third-order valence-electron chi connectivity index (χ3n) is 12.9. The lowest BCUT2D eigenvalue weighted by Crippen LogP contribution is -2.64. The Balaban J connectivity index is 1.23. The van der Waals surface area contributed by atoms with Gasteiger partial charge in [0.2, 0.25) is 12.6 Å². The highest BCUT2D eigenvalue weighted by Crippen LogP contribution is 2.37. The van der Waals surface area contributed by atoms with Gasteiger partial charge in [0, 0.05) is 13.0 Å². The van der Waals surface area contributed by atoms with Crippen molar-refractivity contribution in [2.75, 3.05) is 19.8 Å². The quantitative estimate of drug-likeness (QED) is 0.0316. The van der Waals surface area contributed by atoms with E-state index in [0.717, 1.165) is 13.0 Å². The molecule has 17 atom stereocenters. The van der Waals surface area contributed by atoms with Crippen LogP contribution >= 0.6 is 0 Å². The van der Waals surface area contributed by atoms with Crippen molar-refractivity contribution in [2.24, 2.45) is 5.92 Å². The molecule has 0 bridgehead atoms. The fourth-order valence-electron chi connectivity index (χ4n) is 8.19. The maximum Gasteiger partial charge on any atom is 0.339 e. The van der Waals surface area contributed by atoms with E-state index in [4.69, 9.17) is 47.4 Å². The summed E-state index contributed by atoms with van der Waals surface area (Å²) in [5, 5.41) is 104. The Labute approximate surface area is 430 Å². The number of hydrogen-bond acceptors (Lipinski definition) is 24. The van der Waals surface area contributed by atoms with Crippen molar-refractivity contribution in [1.29, 1.82) is 0 Å². The first-order chi connectivity index (χ1) is 35.8. The van der Waals surface area contributed by atoms with Crippen LogP contribution in [-0.2, 0) is 70.3 Å². The van der Waals surface area contributed by atoms with Crippen LogP contribution < -0.4 is 9.47 Å². The number of aliphatic hydroxyl groups is 10. The highest BCUT2D eigenvalue weighted by molar-refractivity contribution is 5.87. The van der Waals surface area contributed by atoms with Crippen molar-refractivity contribution in [2.45, 2.75) is 145 Å². The molecule has 24 nitrogen and oxygen atoms in total. The lowest BCUT2D eigenvalue weighted by molar-refractivity contribution is -0.331. The molecule has 10 N–H and O–H groups in total. The summed E-state index contributed by atoms with van der Waals surface area (Å²) in [5.74, 6) is -4.72. The van der Waals surface area contributed by atoms with Gasteiger partial charge in [0.05, 0.1) is 19.6 Å². The first-order valence-electron chi connectivity index (χ1n) is 24.0. The largest absolute Gasteiger partial charge is 0.463 e. The van der Waals surface area contributed by atoms with Crippen molar-refractivity contribution in [3.05, 3.63) is 102 Å². The van der Waals surface area contributed by atoms with E-state index in [-0.39, 0.29) is 17.9 Å². The molecule has 3 aromatic rings. The number of aliphatic hydroxyl groups excluding tert-OH is 10. The lowest BCUT2D eigenvalue weighted by atomic mass is 9.83. The SMILES string of the molecule is CC[C@H](C)[C@](CC(=O)OCc1ccc(O[C@@H]2O[C@H](CO)[C@@H](O)[C@H](O)[C@H]2O)cc1)(O[C@@H]1O[C@H](COC(C)=O)[C@@H](O)[C@H](OC(=O)/C=C\c2ccccc2)[C@H]1O)C(=O)OCc1ccc(O[C@@H]2O[C@H](CO)[C@@H](O)[C@H](O)[C@H]2O)cc1. The van der Waals surface area contributed by atoms with E-state index >= 15 is 0 Å². The number of carbonyl (C=O) groups is 4. The maximum absolute atomic E-state index is 14.7. The summed E-state index contributed by atoms with van der Waals surface area (Å²) < 4.78 is 56.6. The van der Waals surface area contributed by atoms with Gasteiger partial charge in [-0.25, -0.2) is 9.59 Å². The van der Waals surface area contributed by atoms with E-state index in [9.17, 15) is 70.2 Å². The van der Waals surface area contributed by atoms with Crippen LogP contribution in [0.4, 0.5) is 0 Å². The van der Waals surface area contributed by atoms with Gasteiger partial charge < -0.3 is 98.4 Å². The minimum absolute atomic E-state index is 0.102. The van der Waals surface area contributed by atoms with Gasteiger partial charge in [0.1, 0.15) is 98.5 Å². The summed E-state index contributed by atoms with van der Waals surface area (Å²) in [6.45, 7) is 1.45. The van der Waals surface area contributed by atoms with Crippen molar-refractivity contribution in [1.82, 2.24) is 0 Å². The normalized spacial score (nSPS) is 31.1. The maximum atomic E-state index is 14.7. The minimum Gasteiger partial charge on any atom is -0.463 e. The van der Waals surface area contributed by atoms with Gasteiger partial charge in [-0.05, 0) is 52.9 Å². The molecule has 3 aliphatic rings. The zero-order chi connectivity index (χ0) is 54.6. The highest BCUT2D eigenvalue weighted by atomic mass is 16.7. The Morgan fingerprint density at radius 3 is 1.61 bits per heavy atom. The molecule has 3 saturated heterocycles. The van der Waals surface area contributed by atoms with E-state index in [1.54, 1.807) is 44.2 Å². The van der Waals surface area contributed by atoms with Crippen molar-refractivity contribution in [3.8, 4) is 11.5 Å². The minimum atomic E-state index is -2.39. The smallest absolute Gasteiger partial charge is 0.339 e. The third-order valence-corrected chi connectivity index (χ3v) is 12.9. The Bertz CT molecular complexity index is 2330. The predicted octanol–water partition coefficient (Wildman–Crippen LogP) is -1.34. The van der Waals surface area contributed by atoms with Gasteiger partial charge in [-0.15, -0.1) is 0 Å². The Kier molecular flexibility index (Phi) is 21.0. The summed E-state index contributed by atoms with van der Waals surface area (Å²) >= 11 is 0. The van der Waals surface area contributed by atoms with E-state index in [2.05, 4.69) is 0 Å². The number of hydrogen-bond donors (Lipinski definition) is 10. The number of benzene rings is 3. The summed E-state index contributed by atoms with van der Waals surface area (Å²) in [6.07, 6.45) is -22.9. The number of ether oxygens (including phenoxy) is 10. The number of carbonyl (C=O) groups excluding carboxylic acids is 4. The molecule has 6 rings (SSSR count). The van der Waals surface area contributed by atoms with Crippen LogP contribution in [0.15, 0.2) is 84.9 Å². The molecular formula is C51H64O24. The molecule has 0 radical (unpaired) electrons. The second-order valence-corrected chi connectivity index (χ2v) is 18.1. The average molecular weight is 1060 g/mol. The molecule has 3 aliphatic heterocycles. The monoisotopic (exact) mass is 1060 g/mol. The standard InChI is InChI=1S/C51H64O24/c1-4-26(2)51(50(65)68-24-30-12-17-32(18-13-30)70-48-44(63)42(61)39(58)34(22-53)72-48,20-37(56)67-23-29-10-15-31(16-11-29)69-47-43(62)41(60)38(57)33(21-52)71-47)75-49-45(64)46(40(59)35(73-49)25-66-27(3)54)74-36(55)19-14-28-8-6-5-7-9-28/h5-19,26,33-35,38-49,52-53,57-64H,4,20-25H2,1-3H3/b19-14-/t26-,33+,34+,35+,38+,39+,40+,41-,42-,43+,44+,45+,46-,47+,48+,49-,51-/m0/s1. The Morgan fingerprint density at radius 1 is 0.613 bits per heavy atom. The molecule has 0 saturated carbocycles. The molecular weight excluding hydrogens is 997 g/mol. The van der Waals surface area contributed by atoms with Crippen LogP contribution in [0.3, 0.4) is 0 Å². The molecule has 0 spiro atoms.